The minimum atomic E-state index is 0. The first kappa shape index (κ1) is 24.0. The van der Waals surface area contributed by atoms with E-state index in [0.29, 0.717) is 19.0 Å². The van der Waals surface area contributed by atoms with Gasteiger partial charge >= 0.3 is 0 Å². The Bertz CT molecular complexity index is 842. The van der Waals surface area contributed by atoms with E-state index in [9.17, 15) is 4.79 Å². The molecule has 0 saturated carbocycles. The molecule has 2 aromatic carbocycles. The van der Waals surface area contributed by atoms with Crippen LogP contribution in [-0.2, 0) is 24.2 Å². The summed E-state index contributed by atoms with van der Waals surface area (Å²) < 4.78 is 5.55. The third-order valence-corrected chi connectivity index (χ3v) is 5.04. The van der Waals surface area contributed by atoms with E-state index >= 15 is 0 Å². The lowest BCUT2D eigenvalue weighted by molar-refractivity contribution is -0.130. The zero-order valence-electron chi connectivity index (χ0n) is 17.7. The number of benzene rings is 2. The van der Waals surface area contributed by atoms with E-state index in [1.54, 1.807) is 7.05 Å². The maximum absolute atomic E-state index is 12.6. The summed E-state index contributed by atoms with van der Waals surface area (Å²) in [6.45, 7) is 5.02. The number of halogens is 1. The number of fused-ring (bicyclic) bond motifs is 1. The summed E-state index contributed by atoms with van der Waals surface area (Å²) in [6.07, 6.45) is 1.87. The quantitative estimate of drug-likeness (QED) is 0.318. The number of nitrogens with zero attached hydrogens (tertiary/aromatic N) is 2. The number of nitrogens with one attached hydrogen (secondary N) is 2. The Morgan fingerprint density at radius 2 is 1.93 bits per heavy atom. The molecule has 2 aromatic rings. The Hall–Kier alpha value is -2.29. The fourth-order valence-corrected chi connectivity index (χ4v) is 3.39. The molecule has 0 spiro atoms. The molecule has 0 radical (unpaired) electrons. The zero-order chi connectivity index (χ0) is 20.5. The van der Waals surface area contributed by atoms with Gasteiger partial charge in [0.05, 0.1) is 13.2 Å². The molecule has 162 valence electrons. The molecule has 1 aliphatic rings. The van der Waals surface area contributed by atoms with Gasteiger partial charge in [-0.3, -0.25) is 9.79 Å². The fourth-order valence-electron chi connectivity index (χ4n) is 3.39. The first-order chi connectivity index (χ1) is 14.2. The van der Waals surface area contributed by atoms with Crippen molar-refractivity contribution in [1.82, 2.24) is 15.5 Å². The van der Waals surface area contributed by atoms with Gasteiger partial charge in [0, 0.05) is 33.1 Å². The van der Waals surface area contributed by atoms with Crippen molar-refractivity contribution in [2.24, 2.45) is 4.99 Å². The van der Waals surface area contributed by atoms with Crippen LogP contribution in [0.1, 0.15) is 23.6 Å². The molecule has 0 saturated heterocycles. The van der Waals surface area contributed by atoms with Crippen molar-refractivity contribution in [3.8, 4) is 5.75 Å². The van der Waals surface area contributed by atoms with Gasteiger partial charge in [-0.25, -0.2) is 0 Å². The highest BCUT2D eigenvalue weighted by Crippen LogP contribution is 2.25. The maximum Gasteiger partial charge on any atom is 0.242 e. The van der Waals surface area contributed by atoms with Gasteiger partial charge in [0.2, 0.25) is 5.91 Å². The van der Waals surface area contributed by atoms with Gasteiger partial charge in [-0.15, -0.1) is 24.0 Å². The van der Waals surface area contributed by atoms with E-state index in [1.807, 2.05) is 42.2 Å². The normalized spacial score (nSPS) is 12.4. The van der Waals surface area contributed by atoms with E-state index < -0.39 is 0 Å². The van der Waals surface area contributed by atoms with Gasteiger partial charge in [0.25, 0.3) is 0 Å². The molecule has 2 N–H and O–H groups in total. The van der Waals surface area contributed by atoms with Gasteiger partial charge in [-0.2, -0.15) is 0 Å². The number of carbonyl (C=O) groups is 1. The molecule has 0 fully saturated rings. The summed E-state index contributed by atoms with van der Waals surface area (Å²) in [4.78, 5) is 18.6. The molecule has 6 nitrogen and oxygen atoms in total. The van der Waals surface area contributed by atoms with Crippen LogP contribution in [0.4, 0.5) is 0 Å². The average Bonchev–Trinajstić information content (AvgIpc) is 3.22. The minimum Gasteiger partial charge on any atom is -0.493 e. The van der Waals surface area contributed by atoms with Crippen LogP contribution in [0.5, 0.6) is 5.75 Å². The summed E-state index contributed by atoms with van der Waals surface area (Å²) >= 11 is 0. The lowest BCUT2D eigenvalue weighted by atomic mass is 10.1. The van der Waals surface area contributed by atoms with Crippen molar-refractivity contribution in [1.29, 1.82) is 0 Å². The molecule has 1 heterocycles. The number of rotatable bonds is 8. The third kappa shape index (κ3) is 6.90. The van der Waals surface area contributed by atoms with Crippen LogP contribution in [0, 0.1) is 0 Å². The molecule has 0 aromatic heterocycles. The first-order valence-electron chi connectivity index (χ1n) is 10.2. The number of hydrogen-bond donors (Lipinski definition) is 2. The lowest BCUT2D eigenvalue weighted by Crippen LogP contribution is -2.44. The highest BCUT2D eigenvalue weighted by molar-refractivity contribution is 14.0. The Balaban J connectivity index is 0.00000320. The highest BCUT2D eigenvalue weighted by atomic mass is 127. The molecule has 7 heteroatoms. The number of likely N-dealkylation sites (N-methyl/N-ethyl adjacent to an activating group) is 1. The fraction of sp³-hybridized carbons (Fsp3) is 0.391. The predicted octanol–water partition coefficient (Wildman–Crippen LogP) is 3.00. The SMILES string of the molecule is CCN(Cc1ccccc1)C(=O)CNC(=NC)NCCc1ccc2c(c1)CCO2.I. The van der Waals surface area contributed by atoms with Gasteiger partial charge in [0.1, 0.15) is 5.75 Å². The third-order valence-electron chi connectivity index (χ3n) is 5.04. The Labute approximate surface area is 196 Å². The summed E-state index contributed by atoms with van der Waals surface area (Å²) in [6, 6.07) is 16.4. The van der Waals surface area contributed by atoms with Crippen molar-refractivity contribution in [3.63, 3.8) is 0 Å². The number of hydrogen-bond acceptors (Lipinski definition) is 3. The lowest BCUT2D eigenvalue weighted by Gasteiger charge is -2.22. The first-order valence-corrected chi connectivity index (χ1v) is 10.2. The molecule has 30 heavy (non-hydrogen) atoms. The van der Waals surface area contributed by atoms with Crippen LogP contribution in [0.25, 0.3) is 0 Å². The van der Waals surface area contributed by atoms with Gasteiger partial charge in [-0.1, -0.05) is 42.5 Å². The summed E-state index contributed by atoms with van der Waals surface area (Å²) in [5.74, 6) is 1.70. The number of aliphatic imine (C=N–C) groups is 1. The van der Waals surface area contributed by atoms with Gasteiger partial charge in [-0.05, 0) is 36.1 Å². The largest absolute Gasteiger partial charge is 0.493 e. The molecular formula is C23H31IN4O2. The topological polar surface area (TPSA) is 66.0 Å². The van der Waals surface area contributed by atoms with Gasteiger partial charge in [0.15, 0.2) is 5.96 Å². The predicted molar refractivity (Wildman–Crippen MR) is 132 cm³/mol. The highest BCUT2D eigenvalue weighted by Gasteiger charge is 2.13. The second-order valence-electron chi connectivity index (χ2n) is 7.04. The number of ether oxygens (including phenoxy) is 1. The molecule has 1 aliphatic heterocycles. The van der Waals surface area contributed by atoms with Crippen molar-refractivity contribution >= 4 is 35.8 Å². The van der Waals surface area contributed by atoms with E-state index in [-0.39, 0.29) is 36.4 Å². The molecule has 0 atom stereocenters. The summed E-state index contributed by atoms with van der Waals surface area (Å²) in [7, 11) is 1.72. The van der Waals surface area contributed by atoms with Crippen LogP contribution in [-0.4, -0.2) is 50.1 Å². The van der Waals surface area contributed by atoms with E-state index in [4.69, 9.17) is 4.74 Å². The molecular weight excluding hydrogens is 491 g/mol. The number of carbonyl (C=O) groups excluding carboxylic acids is 1. The van der Waals surface area contributed by atoms with Crippen LogP contribution in [0.15, 0.2) is 53.5 Å². The van der Waals surface area contributed by atoms with Crippen molar-refractivity contribution in [3.05, 3.63) is 65.2 Å². The van der Waals surface area contributed by atoms with Crippen molar-refractivity contribution < 1.29 is 9.53 Å². The molecule has 0 aliphatic carbocycles. The second kappa shape index (κ2) is 12.4. The van der Waals surface area contributed by atoms with Crippen LogP contribution >= 0.6 is 24.0 Å². The van der Waals surface area contributed by atoms with Crippen LogP contribution in [0.3, 0.4) is 0 Å². The average molecular weight is 522 g/mol. The monoisotopic (exact) mass is 522 g/mol. The Kier molecular flexibility index (Phi) is 9.93. The second-order valence-corrected chi connectivity index (χ2v) is 7.04. The van der Waals surface area contributed by atoms with Crippen LogP contribution < -0.4 is 15.4 Å². The molecule has 0 unspecified atom stereocenters. The molecule has 3 rings (SSSR count). The minimum absolute atomic E-state index is 0. The smallest absolute Gasteiger partial charge is 0.242 e. The van der Waals surface area contributed by atoms with Gasteiger partial charge < -0.3 is 20.3 Å². The maximum atomic E-state index is 12.6. The van der Waals surface area contributed by atoms with Crippen molar-refractivity contribution in [2.75, 3.05) is 33.3 Å². The van der Waals surface area contributed by atoms with E-state index in [1.165, 1.54) is 11.1 Å². The molecule has 1 amide bonds. The number of amides is 1. The standard InChI is InChI=1S/C23H30N4O2.HI/c1-3-27(17-19-7-5-4-6-8-19)22(28)16-26-23(24-2)25-13-11-18-9-10-21-20(15-18)12-14-29-21;/h4-10,15H,3,11-14,16-17H2,1-2H3,(H2,24,25,26);1H. The van der Waals surface area contributed by atoms with E-state index in [0.717, 1.165) is 37.3 Å². The Morgan fingerprint density at radius 1 is 1.13 bits per heavy atom. The van der Waals surface area contributed by atoms with Crippen molar-refractivity contribution in [2.45, 2.75) is 26.3 Å². The van der Waals surface area contributed by atoms with Crippen LogP contribution in [0.2, 0.25) is 0 Å². The summed E-state index contributed by atoms with van der Waals surface area (Å²) in [5.41, 5.74) is 3.69. The molecule has 0 bridgehead atoms. The zero-order valence-corrected chi connectivity index (χ0v) is 20.0. The Morgan fingerprint density at radius 3 is 2.67 bits per heavy atom. The number of guanidine groups is 1. The van der Waals surface area contributed by atoms with E-state index in [2.05, 4.69) is 33.8 Å². The summed E-state index contributed by atoms with van der Waals surface area (Å²) in [5, 5.41) is 6.41.